The number of hydrogen-bond acceptors (Lipinski definition) is 6. The monoisotopic (exact) mass is 366 g/mol. The molecule has 0 fully saturated rings. The SMILES string of the molecule is Cc1nc(C)c(C(=O)NCC2Cc3cccc(-c4cncnc4)c3O2)s1. The zero-order valence-electron chi connectivity index (χ0n) is 14.5. The standard InChI is InChI=1S/C19H18N4O2S/c1-11-18(26-12(2)23-11)19(24)22-9-15-6-13-4-3-5-16(17(13)25-15)14-7-20-10-21-8-14/h3-5,7-8,10,15H,6,9H2,1-2H3,(H,22,24). The van der Waals surface area contributed by atoms with Crippen molar-refractivity contribution in [1.29, 1.82) is 0 Å². The van der Waals surface area contributed by atoms with Crippen molar-refractivity contribution in [3.05, 3.63) is 58.1 Å². The molecule has 0 bridgehead atoms. The number of nitrogens with one attached hydrogen (secondary N) is 1. The van der Waals surface area contributed by atoms with Crippen molar-refractivity contribution in [2.24, 2.45) is 0 Å². The smallest absolute Gasteiger partial charge is 0.263 e. The van der Waals surface area contributed by atoms with E-state index in [0.717, 1.165) is 39.6 Å². The van der Waals surface area contributed by atoms with E-state index in [1.54, 1.807) is 12.4 Å². The lowest BCUT2D eigenvalue weighted by molar-refractivity contribution is 0.0937. The Morgan fingerprint density at radius 3 is 2.85 bits per heavy atom. The predicted octanol–water partition coefficient (Wildman–Crippen LogP) is 2.95. The lowest BCUT2D eigenvalue weighted by atomic mass is 10.0. The number of hydrogen-bond donors (Lipinski definition) is 1. The highest BCUT2D eigenvalue weighted by molar-refractivity contribution is 7.13. The third-order valence-corrected chi connectivity index (χ3v) is 5.37. The molecule has 3 aromatic rings. The molecule has 1 unspecified atom stereocenters. The molecule has 0 radical (unpaired) electrons. The number of para-hydroxylation sites is 1. The Hall–Kier alpha value is -2.80. The van der Waals surface area contributed by atoms with Crippen LogP contribution >= 0.6 is 11.3 Å². The van der Waals surface area contributed by atoms with Crippen LogP contribution in [0.4, 0.5) is 0 Å². The van der Waals surface area contributed by atoms with E-state index in [0.29, 0.717) is 11.4 Å². The third-order valence-electron chi connectivity index (χ3n) is 4.30. The quantitative estimate of drug-likeness (QED) is 0.768. The molecule has 0 spiro atoms. The number of thiazole rings is 1. The number of carbonyl (C=O) groups excluding carboxylic acids is 1. The zero-order chi connectivity index (χ0) is 18.1. The molecule has 1 atom stereocenters. The van der Waals surface area contributed by atoms with Crippen LogP contribution in [-0.2, 0) is 6.42 Å². The van der Waals surface area contributed by atoms with Crippen LogP contribution in [0.5, 0.6) is 5.75 Å². The number of carbonyl (C=O) groups is 1. The van der Waals surface area contributed by atoms with Gasteiger partial charge in [0, 0.05) is 29.9 Å². The highest BCUT2D eigenvalue weighted by Crippen LogP contribution is 2.38. The normalized spacial score (nSPS) is 15.4. The summed E-state index contributed by atoms with van der Waals surface area (Å²) in [6, 6.07) is 6.07. The lowest BCUT2D eigenvalue weighted by Gasteiger charge is -2.13. The summed E-state index contributed by atoms with van der Waals surface area (Å²) in [5, 5.41) is 3.87. The van der Waals surface area contributed by atoms with Crippen LogP contribution < -0.4 is 10.1 Å². The summed E-state index contributed by atoms with van der Waals surface area (Å²) in [5.74, 6) is 0.760. The Labute approximate surface area is 155 Å². The van der Waals surface area contributed by atoms with Gasteiger partial charge in [-0.15, -0.1) is 11.3 Å². The highest BCUT2D eigenvalue weighted by atomic mass is 32.1. The average Bonchev–Trinajstić information content (AvgIpc) is 3.22. The van der Waals surface area contributed by atoms with Crippen molar-refractivity contribution in [2.45, 2.75) is 26.4 Å². The van der Waals surface area contributed by atoms with Crippen LogP contribution in [0.15, 0.2) is 36.9 Å². The van der Waals surface area contributed by atoms with Crippen molar-refractivity contribution < 1.29 is 9.53 Å². The number of fused-ring (bicyclic) bond motifs is 1. The van der Waals surface area contributed by atoms with Gasteiger partial charge in [0.15, 0.2) is 0 Å². The largest absolute Gasteiger partial charge is 0.487 e. The van der Waals surface area contributed by atoms with Crippen LogP contribution in [-0.4, -0.2) is 33.5 Å². The summed E-state index contributed by atoms with van der Waals surface area (Å²) >= 11 is 1.41. The lowest BCUT2D eigenvalue weighted by Crippen LogP contribution is -2.34. The molecule has 0 saturated carbocycles. The fourth-order valence-electron chi connectivity index (χ4n) is 3.15. The number of benzene rings is 1. The minimum atomic E-state index is -0.0932. The first kappa shape index (κ1) is 16.7. The second-order valence-electron chi connectivity index (χ2n) is 6.22. The van der Waals surface area contributed by atoms with Gasteiger partial charge in [-0.25, -0.2) is 15.0 Å². The van der Waals surface area contributed by atoms with Gasteiger partial charge in [0.2, 0.25) is 0 Å². The van der Waals surface area contributed by atoms with Gasteiger partial charge in [-0.3, -0.25) is 4.79 Å². The summed E-state index contributed by atoms with van der Waals surface area (Å²) in [6.45, 7) is 4.21. The molecular formula is C19H18N4O2S. The van der Waals surface area contributed by atoms with Crippen LogP contribution in [0.2, 0.25) is 0 Å². The minimum Gasteiger partial charge on any atom is -0.487 e. The van der Waals surface area contributed by atoms with E-state index in [9.17, 15) is 4.79 Å². The first-order valence-corrected chi connectivity index (χ1v) is 9.19. The zero-order valence-corrected chi connectivity index (χ0v) is 15.3. The number of nitrogens with zero attached hydrogens (tertiary/aromatic N) is 3. The first-order valence-electron chi connectivity index (χ1n) is 8.38. The van der Waals surface area contributed by atoms with E-state index < -0.39 is 0 Å². The van der Waals surface area contributed by atoms with E-state index in [-0.39, 0.29) is 12.0 Å². The topological polar surface area (TPSA) is 77.0 Å². The molecule has 132 valence electrons. The van der Waals surface area contributed by atoms with E-state index in [1.807, 2.05) is 26.0 Å². The first-order chi connectivity index (χ1) is 12.6. The van der Waals surface area contributed by atoms with Gasteiger partial charge >= 0.3 is 0 Å². The van der Waals surface area contributed by atoms with Crippen molar-refractivity contribution in [2.75, 3.05) is 6.54 Å². The molecule has 1 N–H and O–H groups in total. The molecular weight excluding hydrogens is 348 g/mol. The number of aromatic nitrogens is 3. The Morgan fingerprint density at radius 2 is 2.12 bits per heavy atom. The molecule has 6 nitrogen and oxygen atoms in total. The van der Waals surface area contributed by atoms with E-state index in [1.165, 1.54) is 17.7 Å². The Morgan fingerprint density at radius 1 is 1.31 bits per heavy atom. The second kappa shape index (κ2) is 6.84. The van der Waals surface area contributed by atoms with E-state index >= 15 is 0 Å². The third kappa shape index (κ3) is 3.17. The van der Waals surface area contributed by atoms with Crippen molar-refractivity contribution >= 4 is 17.2 Å². The molecule has 0 aliphatic carbocycles. The maximum absolute atomic E-state index is 12.4. The van der Waals surface area contributed by atoms with Crippen LogP contribution in [0.1, 0.15) is 25.9 Å². The second-order valence-corrected chi connectivity index (χ2v) is 7.43. The van der Waals surface area contributed by atoms with Gasteiger partial charge in [-0.2, -0.15) is 0 Å². The fraction of sp³-hybridized carbons (Fsp3) is 0.263. The maximum Gasteiger partial charge on any atom is 0.263 e. The van der Waals surface area contributed by atoms with Gasteiger partial charge in [0.05, 0.1) is 17.2 Å². The minimum absolute atomic E-state index is 0.0888. The summed E-state index contributed by atoms with van der Waals surface area (Å²) in [7, 11) is 0. The molecule has 26 heavy (non-hydrogen) atoms. The Bertz CT molecular complexity index is 955. The Kier molecular flexibility index (Phi) is 4.38. The van der Waals surface area contributed by atoms with Crippen molar-refractivity contribution in [3.8, 4) is 16.9 Å². The summed E-state index contributed by atoms with van der Waals surface area (Å²) < 4.78 is 6.13. The molecule has 0 saturated heterocycles. The highest BCUT2D eigenvalue weighted by Gasteiger charge is 2.26. The number of amides is 1. The van der Waals surface area contributed by atoms with Crippen molar-refractivity contribution in [3.63, 3.8) is 0 Å². The fourth-order valence-corrected chi connectivity index (χ4v) is 3.98. The van der Waals surface area contributed by atoms with E-state index in [4.69, 9.17) is 4.74 Å². The molecule has 1 aliphatic heterocycles. The van der Waals surface area contributed by atoms with Gasteiger partial charge < -0.3 is 10.1 Å². The van der Waals surface area contributed by atoms with Gasteiger partial charge in [0.25, 0.3) is 5.91 Å². The summed E-state index contributed by atoms with van der Waals surface area (Å²) in [4.78, 5) is 25.5. The van der Waals surface area contributed by atoms with Gasteiger partial charge in [-0.1, -0.05) is 18.2 Å². The average molecular weight is 366 g/mol. The molecule has 4 rings (SSSR count). The molecule has 1 aliphatic rings. The van der Waals surface area contributed by atoms with Crippen LogP contribution in [0, 0.1) is 13.8 Å². The Balaban J connectivity index is 1.46. The number of rotatable bonds is 4. The molecule has 7 heteroatoms. The summed E-state index contributed by atoms with van der Waals surface area (Å²) in [6.07, 6.45) is 5.73. The van der Waals surface area contributed by atoms with Crippen LogP contribution in [0.25, 0.3) is 11.1 Å². The van der Waals surface area contributed by atoms with Gasteiger partial charge in [-0.05, 0) is 19.4 Å². The molecule has 3 heterocycles. The predicted molar refractivity (Wildman–Crippen MR) is 99.5 cm³/mol. The van der Waals surface area contributed by atoms with Crippen LogP contribution in [0.3, 0.4) is 0 Å². The molecule has 1 amide bonds. The molecule has 1 aromatic carbocycles. The summed E-state index contributed by atoms with van der Waals surface area (Å²) in [5.41, 5.74) is 3.80. The number of aryl methyl sites for hydroxylation is 2. The number of ether oxygens (including phenoxy) is 1. The van der Waals surface area contributed by atoms with Crippen molar-refractivity contribution in [1.82, 2.24) is 20.3 Å². The maximum atomic E-state index is 12.4. The van der Waals surface area contributed by atoms with E-state index in [2.05, 4.69) is 26.3 Å². The molecule has 2 aromatic heterocycles. The van der Waals surface area contributed by atoms with Gasteiger partial charge in [0.1, 0.15) is 23.1 Å².